The van der Waals surface area contributed by atoms with Gasteiger partial charge in [-0.05, 0) is 12.1 Å². The van der Waals surface area contributed by atoms with Crippen LogP contribution in [0.2, 0.25) is 0 Å². The molecular weight excluding hydrogens is 335 g/mol. The second-order valence-electron chi connectivity index (χ2n) is 5.47. The van der Waals surface area contributed by atoms with Gasteiger partial charge in [0.05, 0.1) is 4.90 Å². The van der Waals surface area contributed by atoms with Crippen LogP contribution in [0.4, 0.5) is 0 Å². The molecule has 1 N–H and O–H groups in total. The first-order valence-electron chi connectivity index (χ1n) is 8.34. The monoisotopic (exact) mass is 366 g/mol. The molecule has 23 heavy (non-hydrogen) atoms. The first-order valence-corrected chi connectivity index (χ1v) is 9.78. The first-order chi connectivity index (χ1) is 10.5. The van der Waals surface area contributed by atoms with E-state index in [9.17, 15) is 8.42 Å². The Kier molecular flexibility index (Phi) is 19.9. The van der Waals surface area contributed by atoms with Crippen molar-refractivity contribution in [2.75, 3.05) is 0 Å². The van der Waals surface area contributed by atoms with Crippen molar-refractivity contribution in [2.45, 2.75) is 76.0 Å². The van der Waals surface area contributed by atoms with Crippen molar-refractivity contribution < 1.29 is 64.4 Å². The molecule has 0 bridgehead atoms. The predicted molar refractivity (Wildman–Crippen MR) is 93.5 cm³/mol. The summed E-state index contributed by atoms with van der Waals surface area (Å²) in [5.41, 5.74) is 0. The van der Waals surface area contributed by atoms with E-state index in [4.69, 9.17) is 4.55 Å². The van der Waals surface area contributed by atoms with Gasteiger partial charge in [-0.3, -0.25) is 4.55 Å². The van der Waals surface area contributed by atoms with Crippen molar-refractivity contribution in [3.8, 4) is 0 Å². The zero-order valence-electron chi connectivity index (χ0n) is 14.8. The average Bonchev–Trinajstić information content (AvgIpc) is 2.51. The molecule has 128 valence electrons. The van der Waals surface area contributed by atoms with E-state index >= 15 is 0 Å². The number of hydrogen-bond donors (Lipinski definition) is 1. The molecule has 0 unspecified atom stereocenters. The number of hydrogen-bond acceptors (Lipinski definition) is 2. The molecule has 0 saturated carbocycles. The molecule has 3 nitrogen and oxygen atoms in total. The molecule has 0 spiro atoms. The van der Waals surface area contributed by atoms with Gasteiger partial charge in [0.2, 0.25) is 0 Å². The minimum atomic E-state index is -4.00. The summed E-state index contributed by atoms with van der Waals surface area (Å²) in [5.74, 6) is 0. The van der Waals surface area contributed by atoms with Gasteiger partial charge >= 0.3 is 51.4 Å². The molecular formula is C18H31KO3S. The van der Waals surface area contributed by atoms with Crippen LogP contribution < -0.4 is 51.4 Å². The van der Waals surface area contributed by atoms with Crippen LogP contribution >= 0.6 is 0 Å². The number of benzene rings is 1. The van der Waals surface area contributed by atoms with Gasteiger partial charge < -0.3 is 6.92 Å². The van der Waals surface area contributed by atoms with Crippen LogP contribution in [-0.2, 0) is 10.1 Å². The summed E-state index contributed by atoms with van der Waals surface area (Å²) in [7, 11) is -4.00. The molecule has 0 saturated heterocycles. The fraction of sp³-hybridized carbons (Fsp3) is 0.611. The zero-order chi connectivity index (χ0) is 16.7. The van der Waals surface area contributed by atoms with Crippen LogP contribution in [0.1, 0.15) is 71.1 Å². The predicted octanol–water partition coefficient (Wildman–Crippen LogP) is 2.68. The van der Waals surface area contributed by atoms with Crippen LogP contribution in [0.3, 0.4) is 0 Å². The summed E-state index contributed by atoms with van der Waals surface area (Å²) in [4.78, 5) is -0.0741. The third-order valence-electron chi connectivity index (χ3n) is 3.39. The van der Waals surface area contributed by atoms with Crippen LogP contribution in [0, 0.1) is 6.92 Å². The maximum atomic E-state index is 10.4. The molecule has 0 aliphatic heterocycles. The van der Waals surface area contributed by atoms with Crippen molar-refractivity contribution in [2.24, 2.45) is 0 Å². The van der Waals surface area contributed by atoms with Gasteiger partial charge in [0.1, 0.15) is 0 Å². The topological polar surface area (TPSA) is 54.4 Å². The van der Waals surface area contributed by atoms with E-state index < -0.39 is 10.1 Å². The molecule has 5 heteroatoms. The second kappa shape index (κ2) is 17.6. The maximum Gasteiger partial charge on any atom is 1.00 e. The van der Waals surface area contributed by atoms with Crippen molar-refractivity contribution >= 4 is 10.1 Å². The first kappa shape index (κ1) is 26.0. The minimum absolute atomic E-state index is 0. The molecule has 0 radical (unpaired) electrons. The van der Waals surface area contributed by atoms with E-state index in [1.54, 1.807) is 18.2 Å². The molecule has 0 fully saturated rings. The molecule has 1 aromatic carbocycles. The van der Waals surface area contributed by atoms with Crippen LogP contribution in [0.5, 0.6) is 0 Å². The van der Waals surface area contributed by atoms with Gasteiger partial charge in [0.25, 0.3) is 10.1 Å². The fourth-order valence-electron chi connectivity index (χ4n) is 2.08. The summed E-state index contributed by atoms with van der Waals surface area (Å²) < 4.78 is 29.2. The van der Waals surface area contributed by atoms with E-state index in [-0.39, 0.29) is 56.3 Å². The molecule has 0 aromatic heterocycles. The van der Waals surface area contributed by atoms with Crippen LogP contribution in [-0.4, -0.2) is 13.0 Å². The number of unbranched alkanes of at least 4 members (excludes halogenated alkanes) is 9. The minimum Gasteiger partial charge on any atom is -0.343 e. The molecule has 0 heterocycles. The SMILES string of the molecule is O=S(=O)(O)c1ccccc1.[CH2-]CCCCCCCCCCC.[K+]. The average molecular weight is 367 g/mol. The van der Waals surface area contributed by atoms with Crippen LogP contribution in [0.25, 0.3) is 0 Å². The molecule has 1 rings (SSSR count). The van der Waals surface area contributed by atoms with Crippen LogP contribution in [0.15, 0.2) is 35.2 Å². The third kappa shape index (κ3) is 17.4. The van der Waals surface area contributed by atoms with Gasteiger partial charge in [-0.1, -0.05) is 82.9 Å². The molecule has 0 amide bonds. The van der Waals surface area contributed by atoms with Gasteiger partial charge in [0, 0.05) is 0 Å². The Labute approximate surface area is 185 Å². The van der Waals surface area contributed by atoms with Gasteiger partial charge in [-0.25, -0.2) is 0 Å². The van der Waals surface area contributed by atoms with E-state index in [2.05, 4.69) is 13.8 Å². The summed E-state index contributed by atoms with van der Waals surface area (Å²) in [6, 6.07) is 7.42. The van der Waals surface area contributed by atoms with E-state index in [0.717, 1.165) is 6.42 Å². The van der Waals surface area contributed by atoms with Crippen molar-refractivity contribution in [1.29, 1.82) is 0 Å². The summed E-state index contributed by atoms with van der Waals surface area (Å²) in [5, 5.41) is 0. The molecule has 0 aliphatic rings. The summed E-state index contributed by atoms with van der Waals surface area (Å²) >= 11 is 0. The Bertz CT molecular complexity index is 437. The van der Waals surface area contributed by atoms with E-state index in [0.29, 0.717) is 0 Å². The largest absolute Gasteiger partial charge is 1.00 e. The van der Waals surface area contributed by atoms with Crippen molar-refractivity contribution in [1.82, 2.24) is 0 Å². The number of rotatable bonds is 10. The quantitative estimate of drug-likeness (QED) is 0.300. The Balaban J connectivity index is 0. The standard InChI is InChI=1S/C12H25.C6H6O3S.K/c1-3-5-7-9-11-12-10-8-6-4-2;7-10(8,9)6-4-2-1-3-5-6;/h1,3-12H2,2H3;1-5H,(H,7,8,9);/q-1;;+1. The van der Waals surface area contributed by atoms with E-state index in [1.807, 2.05) is 0 Å². The van der Waals surface area contributed by atoms with Gasteiger partial charge in [0.15, 0.2) is 0 Å². The molecule has 0 atom stereocenters. The zero-order valence-corrected chi connectivity index (χ0v) is 18.8. The Hall–Kier alpha value is 0.766. The van der Waals surface area contributed by atoms with E-state index in [1.165, 1.54) is 69.9 Å². The summed E-state index contributed by atoms with van der Waals surface area (Å²) in [6.07, 6.45) is 13.9. The normalized spacial score (nSPS) is 10.4. The van der Waals surface area contributed by atoms with Crippen molar-refractivity contribution in [3.63, 3.8) is 0 Å². The molecule has 0 aliphatic carbocycles. The smallest absolute Gasteiger partial charge is 0.343 e. The Morgan fingerprint density at radius 3 is 1.65 bits per heavy atom. The Morgan fingerprint density at radius 1 is 0.870 bits per heavy atom. The second-order valence-corrected chi connectivity index (χ2v) is 6.89. The Morgan fingerprint density at radius 2 is 1.30 bits per heavy atom. The van der Waals surface area contributed by atoms with Gasteiger partial charge in [-0.15, -0.1) is 0 Å². The summed E-state index contributed by atoms with van der Waals surface area (Å²) in [6.45, 7) is 6.12. The maximum absolute atomic E-state index is 10.4. The van der Waals surface area contributed by atoms with Gasteiger partial charge in [-0.2, -0.15) is 14.8 Å². The third-order valence-corrected chi connectivity index (χ3v) is 4.26. The molecule has 1 aromatic rings. The van der Waals surface area contributed by atoms with Crippen molar-refractivity contribution in [3.05, 3.63) is 37.3 Å². The fourth-order valence-corrected chi connectivity index (χ4v) is 2.58.